The van der Waals surface area contributed by atoms with Crippen molar-refractivity contribution < 1.29 is 4.74 Å². The van der Waals surface area contributed by atoms with E-state index in [0.29, 0.717) is 24.9 Å². The summed E-state index contributed by atoms with van der Waals surface area (Å²) in [7, 11) is 0. The number of halogens is 1. The smallest absolute Gasteiger partial charge is 0.166 e. The molecule has 5 nitrogen and oxygen atoms in total. The highest BCUT2D eigenvalue weighted by Gasteiger charge is 2.08. The molecule has 6 heteroatoms. The minimum Gasteiger partial charge on any atom is -0.377 e. The fourth-order valence-corrected chi connectivity index (χ4v) is 1.23. The Balaban J connectivity index is 2.52. The molecule has 0 aromatic carbocycles. The first-order valence-corrected chi connectivity index (χ1v) is 4.74. The summed E-state index contributed by atoms with van der Waals surface area (Å²) in [6.07, 6.45) is 0.107. The maximum Gasteiger partial charge on any atom is 0.166 e. The summed E-state index contributed by atoms with van der Waals surface area (Å²) in [5.41, 5.74) is 0. The van der Waals surface area contributed by atoms with Crippen molar-refractivity contribution in [2.75, 3.05) is 6.61 Å². The zero-order chi connectivity index (χ0) is 9.68. The van der Waals surface area contributed by atoms with E-state index in [1.165, 1.54) is 0 Å². The Morgan fingerprint density at radius 3 is 3.00 bits per heavy atom. The van der Waals surface area contributed by atoms with Gasteiger partial charge >= 0.3 is 0 Å². The number of nitrogens with zero attached hydrogens (tertiary/aromatic N) is 4. The molecular formula is C7H13ClN4O. The maximum absolute atomic E-state index is 5.63. The zero-order valence-electron chi connectivity index (χ0n) is 7.77. The minimum absolute atomic E-state index is 0.107. The van der Waals surface area contributed by atoms with Gasteiger partial charge in [0.05, 0.1) is 18.5 Å². The molecule has 1 aromatic rings. The molecule has 0 radical (unpaired) electrons. The lowest BCUT2D eigenvalue weighted by Crippen LogP contribution is -2.19. The van der Waals surface area contributed by atoms with Crippen LogP contribution >= 0.6 is 11.6 Å². The van der Waals surface area contributed by atoms with Gasteiger partial charge in [-0.3, -0.25) is 0 Å². The Hall–Kier alpha value is -0.680. The predicted molar refractivity (Wildman–Crippen MR) is 48.5 cm³/mol. The second-order valence-corrected chi connectivity index (χ2v) is 2.94. The molecule has 0 saturated carbocycles. The molecule has 0 N–H and O–H groups in total. The first-order valence-electron chi connectivity index (χ1n) is 4.20. The van der Waals surface area contributed by atoms with Crippen LogP contribution in [0.15, 0.2) is 0 Å². The van der Waals surface area contributed by atoms with E-state index in [-0.39, 0.29) is 6.10 Å². The predicted octanol–water partition coefficient (Wildman–Crippen LogP) is 0.837. The van der Waals surface area contributed by atoms with E-state index in [2.05, 4.69) is 15.5 Å². The fraction of sp³-hybridized carbons (Fsp3) is 0.857. The molecule has 0 aliphatic rings. The standard InChI is InChI=1S/C7H13ClN4O/c1-3-13-6(2)5-12-7(4-8)9-10-11-12/h6H,3-5H2,1-2H3. The van der Waals surface area contributed by atoms with Gasteiger partial charge in [0.2, 0.25) is 0 Å². The van der Waals surface area contributed by atoms with E-state index in [9.17, 15) is 0 Å². The molecule has 0 fully saturated rings. The fourth-order valence-electron chi connectivity index (χ4n) is 1.04. The van der Waals surface area contributed by atoms with Gasteiger partial charge < -0.3 is 4.74 Å². The number of hydrogen-bond donors (Lipinski definition) is 0. The number of rotatable bonds is 5. The van der Waals surface area contributed by atoms with Gasteiger partial charge in [0.25, 0.3) is 0 Å². The molecule has 0 spiro atoms. The molecule has 0 bridgehead atoms. The van der Waals surface area contributed by atoms with Crippen LogP contribution in [0.25, 0.3) is 0 Å². The topological polar surface area (TPSA) is 52.8 Å². The third kappa shape index (κ3) is 2.93. The van der Waals surface area contributed by atoms with E-state index in [1.54, 1.807) is 4.68 Å². The minimum atomic E-state index is 0.107. The second kappa shape index (κ2) is 5.14. The van der Waals surface area contributed by atoms with Crippen molar-refractivity contribution in [1.29, 1.82) is 0 Å². The number of hydrogen-bond acceptors (Lipinski definition) is 4. The highest BCUT2D eigenvalue weighted by atomic mass is 35.5. The third-order valence-electron chi connectivity index (χ3n) is 1.61. The normalized spacial score (nSPS) is 13.2. The van der Waals surface area contributed by atoms with Gasteiger partial charge in [-0.25, -0.2) is 4.68 Å². The Bertz CT molecular complexity index is 252. The Labute approximate surface area is 82.0 Å². The third-order valence-corrected chi connectivity index (χ3v) is 1.85. The van der Waals surface area contributed by atoms with E-state index in [4.69, 9.17) is 16.3 Å². The van der Waals surface area contributed by atoms with Gasteiger partial charge in [-0.15, -0.1) is 16.7 Å². The maximum atomic E-state index is 5.63. The molecule has 1 atom stereocenters. The molecular weight excluding hydrogens is 192 g/mol. The first-order chi connectivity index (χ1) is 6.27. The number of alkyl halides is 1. The number of ether oxygens (including phenoxy) is 1. The second-order valence-electron chi connectivity index (χ2n) is 2.68. The molecule has 1 aromatic heterocycles. The van der Waals surface area contributed by atoms with Crippen molar-refractivity contribution in [3.63, 3.8) is 0 Å². The Kier molecular flexibility index (Phi) is 4.11. The summed E-state index contributed by atoms with van der Waals surface area (Å²) >= 11 is 5.63. The van der Waals surface area contributed by atoms with Crippen molar-refractivity contribution >= 4 is 11.6 Å². The number of tetrazole rings is 1. The van der Waals surface area contributed by atoms with Crippen molar-refractivity contribution in [2.45, 2.75) is 32.4 Å². The molecule has 0 aliphatic heterocycles. The van der Waals surface area contributed by atoms with Crippen LogP contribution in [0.4, 0.5) is 0 Å². The van der Waals surface area contributed by atoms with Crippen molar-refractivity contribution in [3.05, 3.63) is 5.82 Å². The van der Waals surface area contributed by atoms with E-state index in [1.807, 2.05) is 13.8 Å². The van der Waals surface area contributed by atoms with Gasteiger partial charge in [-0.1, -0.05) is 0 Å². The van der Waals surface area contributed by atoms with Crippen LogP contribution in [-0.4, -0.2) is 32.9 Å². The molecule has 1 unspecified atom stereocenters. The average Bonchev–Trinajstić information content (AvgIpc) is 2.52. The summed E-state index contributed by atoms with van der Waals surface area (Å²) in [6, 6.07) is 0. The summed E-state index contributed by atoms with van der Waals surface area (Å²) in [5.74, 6) is 1.000. The van der Waals surface area contributed by atoms with Crippen molar-refractivity contribution in [3.8, 4) is 0 Å². The molecule has 0 aliphatic carbocycles. The monoisotopic (exact) mass is 204 g/mol. The lowest BCUT2D eigenvalue weighted by Gasteiger charge is -2.11. The van der Waals surface area contributed by atoms with Crippen LogP contribution < -0.4 is 0 Å². The zero-order valence-corrected chi connectivity index (χ0v) is 8.53. The van der Waals surface area contributed by atoms with E-state index >= 15 is 0 Å². The molecule has 13 heavy (non-hydrogen) atoms. The molecule has 1 rings (SSSR count). The summed E-state index contributed by atoms with van der Waals surface area (Å²) in [6.45, 7) is 5.27. The van der Waals surface area contributed by atoms with E-state index < -0.39 is 0 Å². The Morgan fingerprint density at radius 1 is 1.62 bits per heavy atom. The van der Waals surface area contributed by atoms with Crippen LogP contribution in [0.1, 0.15) is 19.7 Å². The van der Waals surface area contributed by atoms with E-state index in [0.717, 1.165) is 0 Å². The summed E-state index contributed by atoms with van der Waals surface area (Å²) in [5, 5.41) is 11.1. The number of aromatic nitrogens is 4. The first kappa shape index (κ1) is 10.4. The summed E-state index contributed by atoms with van der Waals surface area (Å²) in [4.78, 5) is 0. The van der Waals surface area contributed by atoms with Crippen molar-refractivity contribution in [2.24, 2.45) is 0 Å². The molecule has 0 saturated heterocycles. The van der Waals surface area contributed by atoms with Gasteiger partial charge in [-0.2, -0.15) is 0 Å². The SMILES string of the molecule is CCOC(C)Cn1nnnc1CCl. The molecule has 74 valence electrons. The van der Waals surface area contributed by atoms with Gasteiger partial charge in [0, 0.05) is 6.61 Å². The highest BCUT2D eigenvalue weighted by molar-refractivity contribution is 6.16. The van der Waals surface area contributed by atoms with Crippen LogP contribution in [-0.2, 0) is 17.2 Å². The largest absolute Gasteiger partial charge is 0.377 e. The molecule has 1 heterocycles. The lowest BCUT2D eigenvalue weighted by molar-refractivity contribution is 0.0605. The quantitative estimate of drug-likeness (QED) is 0.667. The van der Waals surface area contributed by atoms with Gasteiger partial charge in [0.15, 0.2) is 5.82 Å². The van der Waals surface area contributed by atoms with Crippen LogP contribution in [0.5, 0.6) is 0 Å². The Morgan fingerprint density at radius 2 is 2.38 bits per heavy atom. The lowest BCUT2D eigenvalue weighted by atomic mass is 10.4. The van der Waals surface area contributed by atoms with Crippen LogP contribution in [0, 0.1) is 0 Å². The average molecular weight is 205 g/mol. The summed E-state index contributed by atoms with van der Waals surface area (Å²) < 4.78 is 7.02. The van der Waals surface area contributed by atoms with Crippen LogP contribution in [0.2, 0.25) is 0 Å². The van der Waals surface area contributed by atoms with Crippen LogP contribution in [0.3, 0.4) is 0 Å². The van der Waals surface area contributed by atoms with Crippen molar-refractivity contribution in [1.82, 2.24) is 20.2 Å². The van der Waals surface area contributed by atoms with Gasteiger partial charge in [0.1, 0.15) is 0 Å². The van der Waals surface area contributed by atoms with Gasteiger partial charge in [-0.05, 0) is 24.3 Å². The highest BCUT2D eigenvalue weighted by Crippen LogP contribution is 2.00. The molecule has 0 amide bonds.